The molecule has 1 aliphatic rings. The van der Waals surface area contributed by atoms with Gasteiger partial charge < -0.3 is 10.1 Å². The van der Waals surface area contributed by atoms with Crippen molar-refractivity contribution in [3.05, 3.63) is 59.7 Å². The van der Waals surface area contributed by atoms with E-state index in [1.165, 1.54) is 0 Å². The van der Waals surface area contributed by atoms with E-state index < -0.39 is 0 Å². The molecule has 6 heteroatoms. The first-order chi connectivity index (χ1) is 13.0. The van der Waals surface area contributed by atoms with Gasteiger partial charge in [-0.3, -0.25) is 9.59 Å². The van der Waals surface area contributed by atoms with Crippen molar-refractivity contribution in [1.82, 2.24) is 5.43 Å². The Morgan fingerprint density at radius 3 is 2.56 bits per heavy atom. The molecule has 2 aromatic carbocycles. The number of nitrogens with zero attached hydrogens (tertiary/aromatic N) is 1. The monoisotopic (exact) mass is 365 g/mol. The van der Waals surface area contributed by atoms with Gasteiger partial charge in [0.1, 0.15) is 5.75 Å². The maximum atomic E-state index is 12.1. The van der Waals surface area contributed by atoms with Crippen LogP contribution in [0.3, 0.4) is 0 Å². The number of rotatable bonds is 7. The maximum absolute atomic E-state index is 12.1. The molecule has 0 atom stereocenters. The fourth-order valence-corrected chi connectivity index (χ4v) is 2.59. The topological polar surface area (TPSA) is 79.8 Å². The summed E-state index contributed by atoms with van der Waals surface area (Å²) in [4.78, 5) is 24.0. The minimum atomic E-state index is -0.197. The molecule has 1 fully saturated rings. The third-order valence-electron chi connectivity index (χ3n) is 4.37. The van der Waals surface area contributed by atoms with Gasteiger partial charge in [-0.15, -0.1) is 0 Å². The molecule has 0 aliphatic heterocycles. The number of carbonyl (C=O) groups excluding carboxylic acids is 2. The molecule has 0 aromatic heterocycles. The summed E-state index contributed by atoms with van der Waals surface area (Å²) in [6, 6.07) is 14.8. The standard InChI is InChI=1S/C21H23N3O3/c1-14(17-4-3-5-18(13-17)22-21(26)16-8-9-16)23-24-20(25)12-15-6-10-19(27-2)11-7-15/h3-7,10-11,13,16H,8-9,12H2,1-2H3,(H,22,26)(H,24,25). The molecule has 2 N–H and O–H groups in total. The quantitative estimate of drug-likeness (QED) is 0.584. The van der Waals surface area contributed by atoms with Crippen molar-refractivity contribution < 1.29 is 14.3 Å². The average Bonchev–Trinajstić information content (AvgIpc) is 3.52. The van der Waals surface area contributed by atoms with Crippen molar-refractivity contribution in [2.24, 2.45) is 11.0 Å². The van der Waals surface area contributed by atoms with Gasteiger partial charge in [-0.2, -0.15) is 5.10 Å². The average molecular weight is 365 g/mol. The predicted molar refractivity (Wildman–Crippen MR) is 105 cm³/mol. The Bertz CT molecular complexity index is 855. The Kier molecular flexibility index (Phi) is 5.86. The van der Waals surface area contributed by atoms with E-state index in [1.807, 2.05) is 55.5 Å². The molecule has 1 aliphatic carbocycles. The second kappa shape index (κ2) is 8.49. The van der Waals surface area contributed by atoms with E-state index in [4.69, 9.17) is 4.74 Å². The first-order valence-electron chi connectivity index (χ1n) is 8.92. The summed E-state index contributed by atoms with van der Waals surface area (Å²) in [5.41, 5.74) is 5.71. The van der Waals surface area contributed by atoms with E-state index in [0.29, 0.717) is 5.71 Å². The summed E-state index contributed by atoms with van der Waals surface area (Å²) < 4.78 is 5.10. The van der Waals surface area contributed by atoms with Crippen molar-refractivity contribution in [2.75, 3.05) is 12.4 Å². The fourth-order valence-electron chi connectivity index (χ4n) is 2.59. The first kappa shape index (κ1) is 18.6. The van der Waals surface area contributed by atoms with E-state index in [0.717, 1.165) is 35.4 Å². The molecular weight excluding hydrogens is 342 g/mol. The van der Waals surface area contributed by atoms with Crippen LogP contribution in [0.15, 0.2) is 53.6 Å². The van der Waals surface area contributed by atoms with Gasteiger partial charge in [0.25, 0.3) is 0 Å². The van der Waals surface area contributed by atoms with Crippen LogP contribution in [0.1, 0.15) is 30.9 Å². The van der Waals surface area contributed by atoms with Crippen LogP contribution in [-0.2, 0) is 16.0 Å². The highest BCUT2D eigenvalue weighted by molar-refractivity contribution is 6.01. The summed E-state index contributed by atoms with van der Waals surface area (Å²) in [5, 5.41) is 7.09. The van der Waals surface area contributed by atoms with Gasteiger partial charge in [-0.1, -0.05) is 24.3 Å². The number of hydrogen-bond donors (Lipinski definition) is 2. The maximum Gasteiger partial charge on any atom is 0.244 e. The van der Waals surface area contributed by atoms with Crippen LogP contribution in [0.5, 0.6) is 5.75 Å². The number of carbonyl (C=O) groups is 2. The molecule has 0 saturated heterocycles. The third-order valence-corrected chi connectivity index (χ3v) is 4.37. The smallest absolute Gasteiger partial charge is 0.244 e. The van der Waals surface area contributed by atoms with Gasteiger partial charge in [0.15, 0.2) is 0 Å². The molecular formula is C21H23N3O3. The van der Waals surface area contributed by atoms with Crippen LogP contribution >= 0.6 is 0 Å². The fraction of sp³-hybridized carbons (Fsp3) is 0.286. The molecule has 0 heterocycles. The Hall–Kier alpha value is -3.15. The molecule has 0 bridgehead atoms. The first-order valence-corrected chi connectivity index (χ1v) is 8.92. The number of ether oxygens (including phenoxy) is 1. The van der Waals surface area contributed by atoms with Crippen molar-refractivity contribution in [3.8, 4) is 5.75 Å². The highest BCUT2D eigenvalue weighted by atomic mass is 16.5. The van der Waals surface area contributed by atoms with Crippen molar-refractivity contribution >= 4 is 23.2 Å². The molecule has 0 spiro atoms. The van der Waals surface area contributed by atoms with E-state index in [1.54, 1.807) is 7.11 Å². The lowest BCUT2D eigenvalue weighted by Crippen LogP contribution is -2.21. The number of methoxy groups -OCH3 is 1. The minimum Gasteiger partial charge on any atom is -0.497 e. The number of benzene rings is 2. The Morgan fingerprint density at radius 2 is 1.89 bits per heavy atom. The summed E-state index contributed by atoms with van der Waals surface area (Å²) in [6.07, 6.45) is 2.16. The van der Waals surface area contributed by atoms with E-state index in [2.05, 4.69) is 15.8 Å². The highest BCUT2D eigenvalue weighted by Crippen LogP contribution is 2.30. The van der Waals surface area contributed by atoms with E-state index in [-0.39, 0.29) is 24.2 Å². The lowest BCUT2D eigenvalue weighted by atomic mass is 10.1. The summed E-state index contributed by atoms with van der Waals surface area (Å²) in [5.74, 6) is 0.773. The Balaban J connectivity index is 1.57. The number of hydrazone groups is 1. The van der Waals surface area contributed by atoms with Gasteiger partial charge in [0.2, 0.25) is 11.8 Å². The van der Waals surface area contributed by atoms with E-state index in [9.17, 15) is 9.59 Å². The van der Waals surface area contributed by atoms with Crippen LogP contribution < -0.4 is 15.5 Å². The van der Waals surface area contributed by atoms with Crippen LogP contribution in [0.25, 0.3) is 0 Å². The van der Waals surface area contributed by atoms with Crippen LogP contribution in [0, 0.1) is 5.92 Å². The van der Waals surface area contributed by atoms with Crippen molar-refractivity contribution in [2.45, 2.75) is 26.2 Å². The summed E-state index contributed by atoms with van der Waals surface area (Å²) in [6.45, 7) is 1.81. The number of amides is 2. The zero-order chi connectivity index (χ0) is 19.2. The Morgan fingerprint density at radius 1 is 1.15 bits per heavy atom. The number of hydrogen-bond acceptors (Lipinski definition) is 4. The number of nitrogens with one attached hydrogen (secondary N) is 2. The molecule has 0 unspecified atom stereocenters. The molecule has 1 saturated carbocycles. The lowest BCUT2D eigenvalue weighted by Gasteiger charge is -2.07. The predicted octanol–water partition coefficient (Wildman–Crippen LogP) is 3.13. The molecule has 6 nitrogen and oxygen atoms in total. The molecule has 140 valence electrons. The van der Waals surface area contributed by atoms with E-state index >= 15 is 0 Å². The molecule has 3 rings (SSSR count). The van der Waals surface area contributed by atoms with Gasteiger partial charge >= 0.3 is 0 Å². The van der Waals surface area contributed by atoms with Gasteiger partial charge in [0, 0.05) is 11.6 Å². The minimum absolute atomic E-state index is 0.0644. The second-order valence-electron chi connectivity index (χ2n) is 6.60. The summed E-state index contributed by atoms with van der Waals surface area (Å²) >= 11 is 0. The number of anilines is 1. The zero-order valence-corrected chi connectivity index (χ0v) is 15.5. The zero-order valence-electron chi connectivity index (χ0n) is 15.5. The largest absolute Gasteiger partial charge is 0.497 e. The lowest BCUT2D eigenvalue weighted by molar-refractivity contribution is -0.120. The highest BCUT2D eigenvalue weighted by Gasteiger charge is 2.29. The van der Waals surface area contributed by atoms with Gasteiger partial charge in [-0.25, -0.2) is 5.43 Å². The third kappa shape index (κ3) is 5.41. The molecule has 27 heavy (non-hydrogen) atoms. The van der Waals surface area contributed by atoms with Gasteiger partial charge in [-0.05, 0) is 55.2 Å². The van der Waals surface area contributed by atoms with Crippen LogP contribution in [0.4, 0.5) is 5.69 Å². The Labute approximate surface area is 158 Å². The normalized spacial score (nSPS) is 13.8. The van der Waals surface area contributed by atoms with Crippen molar-refractivity contribution in [1.29, 1.82) is 0 Å². The molecule has 2 amide bonds. The SMILES string of the molecule is COc1ccc(CC(=O)NN=C(C)c2cccc(NC(=O)C3CC3)c2)cc1. The summed E-state index contributed by atoms with van der Waals surface area (Å²) in [7, 11) is 1.60. The second-order valence-corrected chi connectivity index (χ2v) is 6.60. The molecule has 0 radical (unpaired) electrons. The van der Waals surface area contributed by atoms with Crippen LogP contribution in [0.2, 0.25) is 0 Å². The molecule has 2 aromatic rings. The van der Waals surface area contributed by atoms with Crippen LogP contribution in [-0.4, -0.2) is 24.6 Å². The van der Waals surface area contributed by atoms with Gasteiger partial charge in [0.05, 0.1) is 19.2 Å². The van der Waals surface area contributed by atoms with Crippen molar-refractivity contribution in [3.63, 3.8) is 0 Å².